The summed E-state index contributed by atoms with van der Waals surface area (Å²) < 4.78 is 0. The molecule has 36 heavy (non-hydrogen) atoms. The Bertz CT molecular complexity index is 1050. The molecule has 2 heterocycles. The van der Waals surface area contributed by atoms with Gasteiger partial charge in [0.15, 0.2) is 0 Å². The minimum absolute atomic E-state index is 0.933. The van der Waals surface area contributed by atoms with Gasteiger partial charge in [-0.2, -0.15) is 0 Å². The summed E-state index contributed by atoms with van der Waals surface area (Å²) in [5, 5.41) is 0. The first-order chi connectivity index (χ1) is 17.7. The summed E-state index contributed by atoms with van der Waals surface area (Å²) in [5.41, 5.74) is 4.06. The lowest BCUT2D eigenvalue weighted by Gasteiger charge is -2.09. The summed E-state index contributed by atoms with van der Waals surface area (Å²) in [5.74, 6) is 5.89. The molecule has 2 heteroatoms. The third-order valence-corrected chi connectivity index (χ3v) is 9.23. The van der Waals surface area contributed by atoms with Crippen LogP contribution < -0.4 is 0 Å². The topological polar surface area (TPSA) is 0 Å². The lowest BCUT2D eigenvalue weighted by molar-refractivity contribution is 0.609. The van der Waals surface area contributed by atoms with Crippen molar-refractivity contribution in [1.29, 1.82) is 0 Å². The highest BCUT2D eigenvalue weighted by Crippen LogP contribution is 2.38. The molecule has 0 spiro atoms. The van der Waals surface area contributed by atoms with E-state index in [0.29, 0.717) is 0 Å². The molecule has 0 aliphatic carbocycles. The fraction of sp³-hybridized carbons (Fsp3) is 0.471. The minimum Gasteiger partial charge on any atom is -0.140 e. The van der Waals surface area contributed by atoms with Crippen LogP contribution in [-0.2, 0) is 12.8 Å². The van der Waals surface area contributed by atoms with Crippen molar-refractivity contribution in [3.63, 3.8) is 0 Å². The van der Waals surface area contributed by atoms with Crippen molar-refractivity contribution in [3.05, 3.63) is 57.3 Å². The van der Waals surface area contributed by atoms with Gasteiger partial charge in [-0.15, -0.1) is 35.5 Å². The Morgan fingerprint density at radius 3 is 1.33 bits per heavy atom. The summed E-state index contributed by atoms with van der Waals surface area (Å²) in [7, 11) is 0. The normalized spacial score (nSPS) is 10.9. The second-order valence-electron chi connectivity index (χ2n) is 9.80. The van der Waals surface area contributed by atoms with Crippen molar-refractivity contribution in [1.82, 2.24) is 0 Å². The molecule has 0 aliphatic heterocycles. The lowest BCUT2D eigenvalue weighted by Crippen LogP contribution is -1.89. The lowest BCUT2D eigenvalue weighted by atomic mass is 9.97. The van der Waals surface area contributed by atoms with Crippen LogP contribution in [0.15, 0.2) is 36.4 Å². The van der Waals surface area contributed by atoms with E-state index in [2.05, 4.69) is 62.1 Å². The molecule has 3 rings (SSSR count). The molecular formula is C34H42S2. The first-order valence-corrected chi connectivity index (χ1v) is 15.6. The summed E-state index contributed by atoms with van der Waals surface area (Å²) in [6.45, 7) is 4.54. The molecule has 1 aromatic carbocycles. The number of thiophene rings is 2. The highest BCUT2D eigenvalue weighted by atomic mass is 32.1. The smallest absolute Gasteiger partial charge is 0.0358 e. The van der Waals surface area contributed by atoms with Gasteiger partial charge < -0.3 is 0 Å². The van der Waals surface area contributed by atoms with Gasteiger partial charge in [-0.3, -0.25) is 0 Å². The number of benzene rings is 1. The maximum absolute atomic E-state index is 6.00. The van der Waals surface area contributed by atoms with Gasteiger partial charge in [0.25, 0.3) is 0 Å². The molecular weight excluding hydrogens is 473 g/mol. The standard InChI is InChI=1S/C34H42S2/c1-5-9-11-13-15-17-19-29-21-23-33(35-29)31-25-28(8-4)32(26-27(31)7-3)34-24-22-30(36-34)20-18-16-14-12-10-6-2/h3-4,21-26H,5-6,9-20H2,1-2H3. The number of rotatable bonds is 16. The summed E-state index contributed by atoms with van der Waals surface area (Å²) in [6, 6.07) is 13.2. The molecule has 0 amide bonds. The van der Waals surface area contributed by atoms with E-state index in [9.17, 15) is 0 Å². The van der Waals surface area contributed by atoms with Crippen molar-refractivity contribution >= 4 is 22.7 Å². The van der Waals surface area contributed by atoms with Gasteiger partial charge in [0.1, 0.15) is 0 Å². The van der Waals surface area contributed by atoms with E-state index in [1.165, 1.54) is 96.6 Å². The largest absolute Gasteiger partial charge is 0.140 e. The Hall–Kier alpha value is -2.26. The molecule has 0 fully saturated rings. The van der Waals surface area contributed by atoms with Crippen LogP contribution in [0.5, 0.6) is 0 Å². The molecule has 0 atom stereocenters. The highest BCUT2D eigenvalue weighted by molar-refractivity contribution is 7.15. The van der Waals surface area contributed by atoms with Crippen LogP contribution in [0.1, 0.15) is 112 Å². The second kappa shape index (κ2) is 15.8. The first-order valence-electron chi connectivity index (χ1n) is 14.0. The summed E-state index contributed by atoms with van der Waals surface area (Å²) >= 11 is 3.73. The SMILES string of the molecule is C#Cc1cc(-c2ccc(CCCCCCCC)s2)c(C#C)cc1-c1ccc(CCCCCCCC)s1. The van der Waals surface area contributed by atoms with Crippen molar-refractivity contribution in [2.45, 2.75) is 104 Å². The van der Waals surface area contributed by atoms with E-state index in [4.69, 9.17) is 12.8 Å². The summed E-state index contributed by atoms with van der Waals surface area (Å²) in [4.78, 5) is 5.32. The van der Waals surface area contributed by atoms with E-state index < -0.39 is 0 Å². The third kappa shape index (κ3) is 8.40. The predicted molar refractivity (Wildman–Crippen MR) is 163 cm³/mol. The maximum atomic E-state index is 6.00. The Morgan fingerprint density at radius 1 is 0.556 bits per heavy atom. The molecule has 2 aromatic heterocycles. The van der Waals surface area contributed by atoms with Crippen molar-refractivity contribution in [2.24, 2.45) is 0 Å². The monoisotopic (exact) mass is 514 g/mol. The number of hydrogen-bond acceptors (Lipinski definition) is 2. The molecule has 0 unspecified atom stereocenters. The molecule has 0 nitrogen and oxygen atoms in total. The second-order valence-corrected chi connectivity index (χ2v) is 12.1. The van der Waals surface area contributed by atoms with Gasteiger partial charge in [-0.1, -0.05) is 89.9 Å². The molecule has 190 valence electrons. The maximum Gasteiger partial charge on any atom is 0.0358 e. The molecule has 0 N–H and O–H groups in total. The molecule has 0 saturated heterocycles. The van der Waals surface area contributed by atoms with Gasteiger partial charge in [-0.05, 0) is 62.1 Å². The van der Waals surface area contributed by atoms with Crippen LogP contribution in [0.4, 0.5) is 0 Å². The van der Waals surface area contributed by atoms with Gasteiger partial charge >= 0.3 is 0 Å². The van der Waals surface area contributed by atoms with E-state index in [0.717, 1.165) is 35.1 Å². The average molecular weight is 515 g/mol. The number of unbranched alkanes of at least 4 members (excludes halogenated alkanes) is 10. The van der Waals surface area contributed by atoms with Crippen LogP contribution in [0.2, 0.25) is 0 Å². The molecule has 0 radical (unpaired) electrons. The number of aryl methyl sites for hydroxylation is 2. The molecule has 3 aromatic rings. The van der Waals surface area contributed by atoms with Crippen LogP contribution >= 0.6 is 22.7 Å². The fourth-order valence-corrected chi connectivity index (χ4v) is 6.88. The molecule has 0 saturated carbocycles. The Kier molecular flexibility index (Phi) is 12.4. The Morgan fingerprint density at radius 2 is 0.944 bits per heavy atom. The van der Waals surface area contributed by atoms with E-state index in [-0.39, 0.29) is 0 Å². The van der Waals surface area contributed by atoms with Crippen LogP contribution in [-0.4, -0.2) is 0 Å². The summed E-state index contributed by atoms with van der Waals surface area (Å²) in [6.07, 6.45) is 30.2. The number of terminal acetylenes is 2. The van der Waals surface area contributed by atoms with Crippen molar-refractivity contribution in [2.75, 3.05) is 0 Å². The van der Waals surface area contributed by atoms with E-state index in [1.54, 1.807) is 0 Å². The van der Waals surface area contributed by atoms with Gasteiger partial charge in [0, 0.05) is 41.8 Å². The van der Waals surface area contributed by atoms with Gasteiger partial charge in [0.2, 0.25) is 0 Å². The Balaban J connectivity index is 1.68. The van der Waals surface area contributed by atoms with Crippen LogP contribution in [0.3, 0.4) is 0 Å². The molecule has 0 aliphatic rings. The van der Waals surface area contributed by atoms with Crippen molar-refractivity contribution < 1.29 is 0 Å². The van der Waals surface area contributed by atoms with E-state index >= 15 is 0 Å². The van der Waals surface area contributed by atoms with Crippen molar-refractivity contribution in [3.8, 4) is 45.6 Å². The van der Waals surface area contributed by atoms with Crippen LogP contribution in [0.25, 0.3) is 20.9 Å². The predicted octanol–water partition coefficient (Wildman–Crippen LogP) is 10.9. The minimum atomic E-state index is 0.933. The zero-order chi connectivity index (χ0) is 25.6. The zero-order valence-electron chi connectivity index (χ0n) is 22.3. The quantitative estimate of drug-likeness (QED) is 0.132. The highest BCUT2D eigenvalue weighted by Gasteiger charge is 2.14. The number of hydrogen-bond donors (Lipinski definition) is 0. The zero-order valence-corrected chi connectivity index (χ0v) is 24.0. The average Bonchev–Trinajstić information content (AvgIpc) is 3.57. The first kappa shape index (κ1) is 28.3. The van der Waals surface area contributed by atoms with Gasteiger partial charge in [0.05, 0.1) is 0 Å². The third-order valence-electron chi connectivity index (χ3n) is 6.88. The van der Waals surface area contributed by atoms with E-state index in [1.807, 2.05) is 22.7 Å². The van der Waals surface area contributed by atoms with Crippen LogP contribution in [0, 0.1) is 24.7 Å². The van der Waals surface area contributed by atoms with Gasteiger partial charge in [-0.25, -0.2) is 0 Å². The Labute approximate surface area is 228 Å². The molecule has 0 bridgehead atoms. The fourth-order valence-electron chi connectivity index (χ4n) is 4.72.